The number of hydrogen-bond donors (Lipinski definition) is 1. The Labute approximate surface area is 187 Å². The number of piperazine rings is 1. The molecule has 1 aromatic carbocycles. The topological polar surface area (TPSA) is 75.5 Å². The van der Waals surface area contributed by atoms with Crippen LogP contribution in [0.15, 0.2) is 29.1 Å². The Morgan fingerprint density at radius 2 is 1.84 bits per heavy atom. The number of nitrogens with zero attached hydrogens (tertiary/aromatic N) is 5. The Morgan fingerprint density at radius 3 is 2.53 bits per heavy atom. The fourth-order valence-corrected chi connectivity index (χ4v) is 4.80. The molecule has 0 bridgehead atoms. The van der Waals surface area contributed by atoms with Crippen molar-refractivity contribution in [2.75, 3.05) is 56.7 Å². The SMILES string of the molecule is CCc1c(N2CCNCC2)c(=O)c2nc3c(nc2n1Cc1ccc(OC)cc1)CCN3C. The maximum atomic E-state index is 13.8. The summed E-state index contributed by atoms with van der Waals surface area (Å²) in [5, 5.41) is 3.39. The van der Waals surface area contributed by atoms with E-state index in [1.807, 2.05) is 19.2 Å². The molecule has 0 unspecified atom stereocenters. The molecule has 1 N–H and O–H groups in total. The molecule has 0 amide bonds. The predicted molar refractivity (Wildman–Crippen MR) is 127 cm³/mol. The van der Waals surface area contributed by atoms with Crippen LogP contribution in [0.1, 0.15) is 23.9 Å². The first-order valence-corrected chi connectivity index (χ1v) is 11.4. The van der Waals surface area contributed by atoms with E-state index in [1.54, 1.807) is 7.11 Å². The molecule has 0 atom stereocenters. The van der Waals surface area contributed by atoms with Crippen LogP contribution < -0.4 is 25.3 Å². The lowest BCUT2D eigenvalue weighted by Gasteiger charge is -2.32. The second-order valence-electron chi connectivity index (χ2n) is 8.49. The second kappa shape index (κ2) is 8.43. The Kier molecular flexibility index (Phi) is 5.46. The van der Waals surface area contributed by atoms with Crippen molar-refractivity contribution >= 4 is 22.7 Å². The van der Waals surface area contributed by atoms with Gasteiger partial charge in [0.2, 0.25) is 5.43 Å². The van der Waals surface area contributed by atoms with E-state index in [1.165, 1.54) is 0 Å². The smallest absolute Gasteiger partial charge is 0.233 e. The monoisotopic (exact) mass is 434 g/mol. The first kappa shape index (κ1) is 20.8. The summed E-state index contributed by atoms with van der Waals surface area (Å²) in [4.78, 5) is 28.0. The molecular weight excluding hydrogens is 404 g/mol. The largest absolute Gasteiger partial charge is 0.497 e. The van der Waals surface area contributed by atoms with Crippen LogP contribution in [0.25, 0.3) is 11.2 Å². The average molecular weight is 435 g/mol. The van der Waals surface area contributed by atoms with Gasteiger partial charge in [-0.25, -0.2) is 9.97 Å². The molecule has 8 heteroatoms. The Morgan fingerprint density at radius 1 is 1.09 bits per heavy atom. The lowest BCUT2D eigenvalue weighted by Crippen LogP contribution is -2.46. The van der Waals surface area contributed by atoms with E-state index in [4.69, 9.17) is 14.7 Å². The van der Waals surface area contributed by atoms with Crippen molar-refractivity contribution in [1.82, 2.24) is 19.9 Å². The van der Waals surface area contributed by atoms with E-state index in [0.29, 0.717) is 17.7 Å². The van der Waals surface area contributed by atoms with Crippen molar-refractivity contribution in [3.05, 3.63) is 51.4 Å². The number of likely N-dealkylation sites (N-methyl/N-ethyl adjacent to an activating group) is 1. The van der Waals surface area contributed by atoms with Gasteiger partial charge < -0.3 is 24.4 Å². The quantitative estimate of drug-likeness (QED) is 0.656. The van der Waals surface area contributed by atoms with Crippen molar-refractivity contribution in [3.63, 3.8) is 0 Å². The summed E-state index contributed by atoms with van der Waals surface area (Å²) in [6.45, 7) is 7.00. The summed E-state index contributed by atoms with van der Waals surface area (Å²) >= 11 is 0. The summed E-state index contributed by atoms with van der Waals surface area (Å²) in [5.41, 5.74) is 5.08. The zero-order valence-electron chi connectivity index (χ0n) is 19.0. The fourth-order valence-electron chi connectivity index (χ4n) is 4.80. The molecular formula is C24H30N6O2. The minimum Gasteiger partial charge on any atom is -0.497 e. The molecule has 5 rings (SSSR count). The van der Waals surface area contributed by atoms with E-state index in [2.05, 4.69) is 38.7 Å². The highest BCUT2D eigenvalue weighted by atomic mass is 16.5. The number of hydrogen-bond acceptors (Lipinski definition) is 7. The number of fused-ring (bicyclic) bond motifs is 2. The molecule has 0 radical (unpaired) electrons. The molecule has 2 aliphatic rings. The fraction of sp³-hybridized carbons (Fsp3) is 0.458. The summed E-state index contributed by atoms with van der Waals surface area (Å²) in [7, 11) is 3.69. The summed E-state index contributed by atoms with van der Waals surface area (Å²) in [6.07, 6.45) is 1.60. The maximum Gasteiger partial charge on any atom is 0.233 e. The predicted octanol–water partition coefficient (Wildman–Crippen LogP) is 1.81. The molecule has 8 nitrogen and oxygen atoms in total. The minimum absolute atomic E-state index is 0.000306. The van der Waals surface area contributed by atoms with Gasteiger partial charge in [0.1, 0.15) is 11.4 Å². The number of anilines is 2. The first-order valence-electron chi connectivity index (χ1n) is 11.4. The third-order valence-electron chi connectivity index (χ3n) is 6.53. The number of pyridine rings is 1. The summed E-state index contributed by atoms with van der Waals surface area (Å²) in [5.74, 6) is 1.66. The molecule has 4 heterocycles. The van der Waals surface area contributed by atoms with Gasteiger partial charge in [0, 0.05) is 58.4 Å². The van der Waals surface area contributed by atoms with Gasteiger partial charge in [-0.2, -0.15) is 0 Å². The van der Waals surface area contributed by atoms with Crippen LogP contribution >= 0.6 is 0 Å². The van der Waals surface area contributed by atoms with Gasteiger partial charge in [-0.1, -0.05) is 19.1 Å². The normalized spacial score (nSPS) is 16.0. The molecule has 0 saturated carbocycles. The van der Waals surface area contributed by atoms with Gasteiger partial charge in [0.15, 0.2) is 17.0 Å². The Bertz CT molecular complexity index is 1200. The number of ether oxygens (including phenoxy) is 1. The molecule has 32 heavy (non-hydrogen) atoms. The molecule has 2 aromatic heterocycles. The zero-order chi connectivity index (χ0) is 22.2. The zero-order valence-corrected chi connectivity index (χ0v) is 19.0. The molecule has 1 fully saturated rings. The summed E-state index contributed by atoms with van der Waals surface area (Å²) < 4.78 is 7.53. The number of rotatable bonds is 5. The van der Waals surface area contributed by atoms with Crippen LogP contribution in [0.3, 0.4) is 0 Å². The van der Waals surface area contributed by atoms with Gasteiger partial charge in [-0.15, -0.1) is 0 Å². The van der Waals surface area contributed by atoms with Crippen LogP contribution in [0, 0.1) is 0 Å². The number of aromatic nitrogens is 3. The molecule has 1 saturated heterocycles. The van der Waals surface area contributed by atoms with Crippen LogP contribution in [0.5, 0.6) is 5.75 Å². The number of methoxy groups -OCH3 is 1. The third kappa shape index (κ3) is 3.48. The highest BCUT2D eigenvalue weighted by Gasteiger charge is 2.27. The standard InChI is InChI=1S/C24H30N6O2/c1-4-19-21(29-13-10-25-11-14-29)22(31)20-24(26-18-9-12-28(2)23(18)27-20)30(19)15-16-5-7-17(32-3)8-6-16/h5-8,25H,4,9-15H2,1-3H3. The number of nitrogens with one attached hydrogen (secondary N) is 1. The van der Waals surface area contributed by atoms with Gasteiger partial charge in [0.05, 0.1) is 12.8 Å². The highest BCUT2D eigenvalue weighted by Crippen LogP contribution is 2.29. The Hall–Kier alpha value is -3.13. The molecule has 0 aliphatic carbocycles. The average Bonchev–Trinajstić information content (AvgIpc) is 3.20. The summed E-state index contributed by atoms with van der Waals surface area (Å²) in [6, 6.07) is 8.09. The van der Waals surface area contributed by atoms with Crippen molar-refractivity contribution in [3.8, 4) is 5.75 Å². The van der Waals surface area contributed by atoms with E-state index in [0.717, 1.165) is 79.8 Å². The minimum atomic E-state index is 0.000306. The first-order chi connectivity index (χ1) is 15.6. The van der Waals surface area contributed by atoms with Crippen LogP contribution in [-0.4, -0.2) is 61.4 Å². The van der Waals surface area contributed by atoms with Crippen LogP contribution in [0.2, 0.25) is 0 Å². The van der Waals surface area contributed by atoms with Gasteiger partial charge in [0.25, 0.3) is 0 Å². The van der Waals surface area contributed by atoms with Crippen molar-refractivity contribution in [2.45, 2.75) is 26.3 Å². The van der Waals surface area contributed by atoms with Crippen LogP contribution in [0.4, 0.5) is 11.5 Å². The third-order valence-corrected chi connectivity index (χ3v) is 6.53. The maximum absolute atomic E-state index is 13.8. The molecule has 0 spiro atoms. The molecule has 3 aromatic rings. The van der Waals surface area contributed by atoms with Crippen LogP contribution in [-0.2, 0) is 19.4 Å². The van der Waals surface area contributed by atoms with Gasteiger partial charge >= 0.3 is 0 Å². The highest BCUT2D eigenvalue weighted by molar-refractivity contribution is 5.79. The van der Waals surface area contributed by atoms with E-state index in [-0.39, 0.29) is 5.43 Å². The number of benzene rings is 1. The van der Waals surface area contributed by atoms with E-state index in [9.17, 15) is 4.79 Å². The molecule has 168 valence electrons. The Balaban J connectivity index is 1.74. The lowest BCUT2D eigenvalue weighted by molar-refractivity contribution is 0.414. The van der Waals surface area contributed by atoms with Gasteiger partial charge in [-0.3, -0.25) is 4.79 Å². The van der Waals surface area contributed by atoms with E-state index >= 15 is 0 Å². The second-order valence-corrected chi connectivity index (χ2v) is 8.49. The molecule has 2 aliphatic heterocycles. The van der Waals surface area contributed by atoms with Crippen molar-refractivity contribution < 1.29 is 4.74 Å². The van der Waals surface area contributed by atoms with E-state index < -0.39 is 0 Å². The lowest BCUT2D eigenvalue weighted by atomic mass is 10.1. The van der Waals surface area contributed by atoms with Crippen molar-refractivity contribution in [1.29, 1.82) is 0 Å². The van der Waals surface area contributed by atoms with Gasteiger partial charge in [-0.05, 0) is 24.1 Å². The van der Waals surface area contributed by atoms with Crippen molar-refractivity contribution in [2.24, 2.45) is 0 Å².